The standard InChI is InChI=1S/C21H21N3O2S2/c1-2-18(25)22-14-6-5-7-15(12-14)23-20(26)19-16-8-11-27-13-17(16)28-21(19)24-9-3-4-10-24/h3-7,9-10,12H,2,8,11,13H2,1H3,(H,22,25)(H,23,26). The molecule has 7 heteroatoms. The average Bonchev–Trinajstić information content (AvgIpc) is 3.35. The van der Waals surface area contributed by atoms with Crippen molar-refractivity contribution >= 4 is 46.3 Å². The number of rotatable bonds is 5. The van der Waals surface area contributed by atoms with Crippen LogP contribution in [-0.2, 0) is 17.0 Å². The summed E-state index contributed by atoms with van der Waals surface area (Å²) in [4.78, 5) is 26.2. The number of hydrogen-bond donors (Lipinski definition) is 2. The minimum Gasteiger partial charge on any atom is -0.326 e. The smallest absolute Gasteiger partial charge is 0.258 e. The Hall–Kier alpha value is -2.51. The van der Waals surface area contributed by atoms with Crippen LogP contribution in [0.4, 0.5) is 11.4 Å². The summed E-state index contributed by atoms with van der Waals surface area (Å²) in [6.07, 6.45) is 5.27. The second-order valence-electron chi connectivity index (χ2n) is 6.51. The number of nitrogens with one attached hydrogen (secondary N) is 2. The largest absolute Gasteiger partial charge is 0.326 e. The van der Waals surface area contributed by atoms with E-state index in [1.807, 2.05) is 66.0 Å². The molecule has 3 aromatic rings. The molecule has 1 aliphatic rings. The number of amides is 2. The van der Waals surface area contributed by atoms with Gasteiger partial charge in [-0.05, 0) is 48.1 Å². The topological polar surface area (TPSA) is 63.1 Å². The van der Waals surface area contributed by atoms with Crippen molar-refractivity contribution < 1.29 is 9.59 Å². The summed E-state index contributed by atoms with van der Waals surface area (Å²) in [5.74, 6) is 1.84. The lowest BCUT2D eigenvalue weighted by atomic mass is 10.1. The van der Waals surface area contributed by atoms with Gasteiger partial charge in [0.25, 0.3) is 5.91 Å². The number of thiophene rings is 1. The van der Waals surface area contributed by atoms with Gasteiger partial charge in [0.1, 0.15) is 5.00 Å². The van der Waals surface area contributed by atoms with Gasteiger partial charge in [0.05, 0.1) is 5.56 Å². The Morgan fingerprint density at radius 1 is 1.11 bits per heavy atom. The van der Waals surface area contributed by atoms with Gasteiger partial charge in [-0.15, -0.1) is 11.3 Å². The first-order chi connectivity index (χ1) is 13.7. The normalized spacial score (nSPS) is 13.0. The van der Waals surface area contributed by atoms with E-state index in [4.69, 9.17) is 0 Å². The summed E-state index contributed by atoms with van der Waals surface area (Å²) >= 11 is 3.61. The number of carbonyl (C=O) groups excluding carboxylic acids is 2. The van der Waals surface area contributed by atoms with Gasteiger partial charge in [0, 0.05) is 40.8 Å². The van der Waals surface area contributed by atoms with Crippen LogP contribution in [0.2, 0.25) is 0 Å². The highest BCUT2D eigenvalue weighted by Crippen LogP contribution is 2.38. The maximum atomic E-state index is 13.2. The number of anilines is 2. The average molecular weight is 412 g/mol. The van der Waals surface area contributed by atoms with Gasteiger partial charge in [-0.25, -0.2) is 0 Å². The Bertz CT molecular complexity index is 1010. The van der Waals surface area contributed by atoms with Crippen LogP contribution in [0.15, 0.2) is 48.8 Å². The van der Waals surface area contributed by atoms with Crippen LogP contribution >= 0.6 is 23.1 Å². The lowest BCUT2D eigenvalue weighted by Crippen LogP contribution is -2.17. The van der Waals surface area contributed by atoms with Crippen molar-refractivity contribution in [2.24, 2.45) is 0 Å². The molecule has 0 fully saturated rings. The van der Waals surface area contributed by atoms with Gasteiger partial charge in [0.2, 0.25) is 5.91 Å². The van der Waals surface area contributed by atoms with Crippen molar-refractivity contribution in [1.82, 2.24) is 4.57 Å². The van der Waals surface area contributed by atoms with Crippen molar-refractivity contribution in [2.75, 3.05) is 16.4 Å². The van der Waals surface area contributed by atoms with Crippen LogP contribution in [0.1, 0.15) is 34.1 Å². The molecular formula is C21H21N3O2S2. The first-order valence-electron chi connectivity index (χ1n) is 9.22. The van der Waals surface area contributed by atoms with Crippen LogP contribution in [-0.4, -0.2) is 22.1 Å². The zero-order valence-electron chi connectivity index (χ0n) is 15.5. The van der Waals surface area contributed by atoms with Gasteiger partial charge < -0.3 is 15.2 Å². The molecular weight excluding hydrogens is 390 g/mol. The second kappa shape index (κ2) is 8.24. The molecule has 0 saturated heterocycles. The number of hydrogen-bond acceptors (Lipinski definition) is 4. The number of fused-ring (bicyclic) bond motifs is 1. The number of benzene rings is 1. The lowest BCUT2D eigenvalue weighted by Gasteiger charge is -2.14. The predicted octanol–water partition coefficient (Wildman–Crippen LogP) is 4.93. The summed E-state index contributed by atoms with van der Waals surface area (Å²) in [7, 11) is 0. The SMILES string of the molecule is CCC(=O)Nc1cccc(NC(=O)c2c(-n3cccc3)sc3c2CCSC3)c1. The summed E-state index contributed by atoms with van der Waals surface area (Å²) in [6.45, 7) is 1.81. The summed E-state index contributed by atoms with van der Waals surface area (Å²) in [5, 5.41) is 6.82. The first-order valence-corrected chi connectivity index (χ1v) is 11.2. The molecule has 0 atom stereocenters. The van der Waals surface area contributed by atoms with Gasteiger partial charge >= 0.3 is 0 Å². The monoisotopic (exact) mass is 411 g/mol. The highest BCUT2D eigenvalue weighted by Gasteiger charge is 2.26. The summed E-state index contributed by atoms with van der Waals surface area (Å²) < 4.78 is 2.01. The van der Waals surface area contributed by atoms with E-state index in [1.54, 1.807) is 17.4 Å². The van der Waals surface area contributed by atoms with Crippen LogP contribution < -0.4 is 10.6 Å². The zero-order valence-corrected chi connectivity index (χ0v) is 17.2. The molecule has 0 radical (unpaired) electrons. The van der Waals surface area contributed by atoms with Gasteiger partial charge in [-0.3, -0.25) is 9.59 Å². The van der Waals surface area contributed by atoms with E-state index in [9.17, 15) is 9.59 Å². The third-order valence-electron chi connectivity index (χ3n) is 4.59. The highest BCUT2D eigenvalue weighted by atomic mass is 32.2. The van der Waals surface area contributed by atoms with E-state index in [2.05, 4.69) is 10.6 Å². The van der Waals surface area contributed by atoms with E-state index >= 15 is 0 Å². The Labute approximate surface area is 172 Å². The molecule has 0 saturated carbocycles. The molecule has 0 bridgehead atoms. The third-order valence-corrected chi connectivity index (χ3v) is 7.01. The van der Waals surface area contributed by atoms with Crippen molar-refractivity contribution in [2.45, 2.75) is 25.5 Å². The third kappa shape index (κ3) is 3.86. The molecule has 2 aromatic heterocycles. The quantitative estimate of drug-likeness (QED) is 0.626. The number of aromatic nitrogens is 1. The maximum Gasteiger partial charge on any atom is 0.258 e. The van der Waals surface area contributed by atoms with Crippen LogP contribution in [0.25, 0.3) is 5.00 Å². The Morgan fingerprint density at radius 3 is 2.61 bits per heavy atom. The summed E-state index contributed by atoms with van der Waals surface area (Å²) in [6, 6.07) is 11.2. The molecule has 144 valence electrons. The number of nitrogens with zero attached hydrogens (tertiary/aromatic N) is 1. The minimum absolute atomic E-state index is 0.0530. The molecule has 5 nitrogen and oxygen atoms in total. The molecule has 4 rings (SSSR count). The van der Waals surface area contributed by atoms with Crippen molar-refractivity contribution in [1.29, 1.82) is 0 Å². The molecule has 0 aliphatic carbocycles. The van der Waals surface area contributed by atoms with Crippen molar-refractivity contribution in [3.8, 4) is 5.00 Å². The van der Waals surface area contributed by atoms with Crippen molar-refractivity contribution in [3.63, 3.8) is 0 Å². The predicted molar refractivity (Wildman–Crippen MR) is 117 cm³/mol. The lowest BCUT2D eigenvalue weighted by molar-refractivity contribution is -0.115. The molecule has 1 aromatic carbocycles. The van der Waals surface area contributed by atoms with E-state index in [0.29, 0.717) is 17.8 Å². The van der Waals surface area contributed by atoms with E-state index in [1.165, 1.54) is 10.4 Å². The zero-order chi connectivity index (χ0) is 19.5. The van der Waals surface area contributed by atoms with Crippen LogP contribution in [0.5, 0.6) is 0 Å². The molecule has 2 N–H and O–H groups in total. The Balaban J connectivity index is 1.64. The fraction of sp³-hybridized carbons (Fsp3) is 0.238. The summed E-state index contributed by atoms with van der Waals surface area (Å²) in [5.41, 5.74) is 3.28. The fourth-order valence-corrected chi connectivity index (χ4v) is 5.67. The molecule has 2 amide bonds. The molecule has 1 aliphatic heterocycles. The number of thioether (sulfide) groups is 1. The highest BCUT2D eigenvalue weighted by molar-refractivity contribution is 7.98. The number of carbonyl (C=O) groups is 2. The van der Waals surface area contributed by atoms with E-state index in [0.717, 1.165) is 28.5 Å². The van der Waals surface area contributed by atoms with Gasteiger partial charge in [-0.1, -0.05) is 13.0 Å². The Kier molecular flexibility index (Phi) is 5.54. The van der Waals surface area contributed by atoms with Crippen molar-refractivity contribution in [3.05, 3.63) is 64.8 Å². The minimum atomic E-state index is -0.105. The van der Waals surface area contributed by atoms with E-state index < -0.39 is 0 Å². The second-order valence-corrected chi connectivity index (χ2v) is 8.70. The molecule has 0 spiro atoms. The Morgan fingerprint density at radius 2 is 1.86 bits per heavy atom. The first kappa shape index (κ1) is 18.8. The molecule has 28 heavy (non-hydrogen) atoms. The van der Waals surface area contributed by atoms with Gasteiger partial charge in [0.15, 0.2) is 0 Å². The maximum absolute atomic E-state index is 13.2. The van der Waals surface area contributed by atoms with Gasteiger partial charge in [-0.2, -0.15) is 11.8 Å². The van der Waals surface area contributed by atoms with Crippen LogP contribution in [0, 0.1) is 0 Å². The van der Waals surface area contributed by atoms with E-state index in [-0.39, 0.29) is 11.8 Å². The van der Waals surface area contributed by atoms with Crippen LogP contribution in [0.3, 0.4) is 0 Å². The molecule has 3 heterocycles. The molecule has 0 unspecified atom stereocenters. The fourth-order valence-electron chi connectivity index (χ4n) is 3.22.